The number of fused-ring (bicyclic) bond motifs is 3. The molecule has 2 amide bonds. The second-order valence-electron chi connectivity index (χ2n) is 3.38. The first kappa shape index (κ1) is 8.11. The molecule has 0 atom stereocenters. The van der Waals surface area contributed by atoms with Gasteiger partial charge in [0.1, 0.15) is 5.36 Å². The Balaban J connectivity index is 2.64. The molecule has 2 aromatic carbocycles. The van der Waals surface area contributed by atoms with Gasteiger partial charge >= 0.3 is 6.03 Å². The Morgan fingerprint density at radius 1 is 1.00 bits per heavy atom. The third-order valence-corrected chi connectivity index (χ3v) is 2.47. The Bertz CT molecular complexity index is 704. The molecule has 0 radical (unpaired) electrons. The van der Waals surface area contributed by atoms with Gasteiger partial charge in [-0.15, -0.1) is 0 Å². The van der Waals surface area contributed by atoms with E-state index in [4.69, 9.17) is 5.73 Å². The van der Waals surface area contributed by atoms with Gasteiger partial charge in [-0.1, -0.05) is 18.2 Å². The van der Waals surface area contributed by atoms with Gasteiger partial charge in [0, 0.05) is 16.5 Å². The van der Waals surface area contributed by atoms with Gasteiger partial charge in [-0.2, -0.15) is 9.98 Å². The number of carbonyl (C=O) groups is 1. The van der Waals surface area contributed by atoms with E-state index in [2.05, 4.69) is 9.98 Å². The zero-order valence-electron chi connectivity index (χ0n) is 7.77. The van der Waals surface area contributed by atoms with E-state index >= 15 is 0 Å². The average molecular weight is 197 g/mol. The van der Waals surface area contributed by atoms with E-state index in [1.165, 1.54) is 0 Å². The maximum atomic E-state index is 11.1. The van der Waals surface area contributed by atoms with Crippen LogP contribution in [0.4, 0.5) is 10.5 Å². The van der Waals surface area contributed by atoms with Gasteiger partial charge in [-0.3, -0.25) is 0 Å². The first-order valence-electron chi connectivity index (χ1n) is 4.54. The lowest BCUT2D eigenvalue weighted by molar-refractivity contribution is 0.257. The Kier molecular flexibility index (Phi) is 1.42. The second kappa shape index (κ2) is 2.63. The SMILES string of the molecule is Nc1cccc2c3c(ccc12)=NC(=O)N=3. The van der Waals surface area contributed by atoms with Gasteiger partial charge in [0.15, 0.2) is 0 Å². The molecule has 1 aliphatic heterocycles. The molecule has 0 spiro atoms. The van der Waals surface area contributed by atoms with Crippen molar-refractivity contribution in [1.82, 2.24) is 0 Å². The molecule has 2 N–H and O–H groups in total. The van der Waals surface area contributed by atoms with Crippen LogP contribution in [0.25, 0.3) is 10.8 Å². The molecule has 0 fully saturated rings. The van der Waals surface area contributed by atoms with Crippen LogP contribution in [0.15, 0.2) is 40.3 Å². The summed E-state index contributed by atoms with van der Waals surface area (Å²) < 4.78 is 0. The Hall–Kier alpha value is -2.23. The number of anilines is 1. The smallest absolute Gasteiger partial charge is 0.368 e. The van der Waals surface area contributed by atoms with Crippen molar-refractivity contribution in [3.8, 4) is 0 Å². The van der Waals surface area contributed by atoms with Gasteiger partial charge in [0.25, 0.3) is 0 Å². The summed E-state index contributed by atoms with van der Waals surface area (Å²) in [6.45, 7) is 0. The summed E-state index contributed by atoms with van der Waals surface area (Å²) in [6, 6.07) is 8.74. The zero-order chi connectivity index (χ0) is 10.4. The standard InChI is InChI=1S/C11H7N3O/c12-8-3-1-2-7-6(8)4-5-9-10(7)14-11(15)13-9/h1-5H,12H2. The highest BCUT2D eigenvalue weighted by molar-refractivity contribution is 5.93. The summed E-state index contributed by atoms with van der Waals surface area (Å²) in [6.07, 6.45) is 0. The maximum Gasteiger partial charge on any atom is 0.368 e. The van der Waals surface area contributed by atoms with Gasteiger partial charge in [-0.25, -0.2) is 4.79 Å². The highest BCUT2D eigenvalue weighted by atomic mass is 16.2. The van der Waals surface area contributed by atoms with Crippen molar-refractivity contribution in [3.05, 3.63) is 41.0 Å². The van der Waals surface area contributed by atoms with Crippen LogP contribution < -0.4 is 16.4 Å². The normalized spacial score (nSPS) is 13.5. The predicted octanol–water partition coefficient (Wildman–Crippen LogP) is 0.795. The summed E-state index contributed by atoms with van der Waals surface area (Å²) in [5.41, 5.74) is 6.51. The van der Waals surface area contributed by atoms with E-state index in [1.807, 2.05) is 24.3 Å². The Morgan fingerprint density at radius 3 is 2.73 bits per heavy atom. The summed E-state index contributed by atoms with van der Waals surface area (Å²) >= 11 is 0. The number of urea groups is 1. The van der Waals surface area contributed by atoms with Crippen molar-refractivity contribution in [2.24, 2.45) is 9.98 Å². The van der Waals surface area contributed by atoms with Crippen molar-refractivity contribution in [2.45, 2.75) is 0 Å². The van der Waals surface area contributed by atoms with Gasteiger partial charge in [0.2, 0.25) is 0 Å². The quantitative estimate of drug-likeness (QED) is 0.634. The van der Waals surface area contributed by atoms with Crippen LogP contribution in [0.3, 0.4) is 0 Å². The molecule has 0 unspecified atom stereocenters. The summed E-state index contributed by atoms with van der Waals surface area (Å²) in [7, 11) is 0. The third-order valence-electron chi connectivity index (χ3n) is 2.47. The number of rotatable bonds is 0. The number of nitrogens with zero attached hydrogens (tertiary/aromatic N) is 2. The summed E-state index contributed by atoms with van der Waals surface area (Å²) in [5, 5.41) is 3.04. The maximum absolute atomic E-state index is 11.1. The molecule has 0 saturated heterocycles. The lowest BCUT2D eigenvalue weighted by Gasteiger charge is -1.99. The van der Waals surface area contributed by atoms with Crippen LogP contribution in [0.5, 0.6) is 0 Å². The molecule has 2 aromatic rings. The summed E-state index contributed by atoms with van der Waals surface area (Å²) in [5.74, 6) is 0. The minimum absolute atomic E-state index is 0.445. The van der Waals surface area contributed by atoms with Gasteiger partial charge in [-0.05, 0) is 12.1 Å². The molecule has 1 heterocycles. The molecule has 0 aromatic heterocycles. The number of amides is 2. The van der Waals surface area contributed by atoms with Crippen LogP contribution >= 0.6 is 0 Å². The number of nitrogen functional groups attached to an aromatic ring is 1. The fraction of sp³-hybridized carbons (Fsp3) is 0. The number of hydrogen-bond acceptors (Lipinski definition) is 2. The van der Waals surface area contributed by atoms with Crippen molar-refractivity contribution < 1.29 is 4.79 Å². The first-order chi connectivity index (χ1) is 7.25. The van der Waals surface area contributed by atoms with Gasteiger partial charge in [0.05, 0.1) is 5.36 Å². The molecule has 4 nitrogen and oxygen atoms in total. The number of hydrogen-bond donors (Lipinski definition) is 1. The van der Waals surface area contributed by atoms with Gasteiger partial charge < -0.3 is 5.73 Å². The largest absolute Gasteiger partial charge is 0.398 e. The zero-order valence-corrected chi connectivity index (χ0v) is 7.77. The Morgan fingerprint density at radius 2 is 1.87 bits per heavy atom. The van der Waals surface area contributed by atoms with E-state index in [-0.39, 0.29) is 0 Å². The summed E-state index contributed by atoms with van der Waals surface area (Å²) in [4.78, 5) is 18.7. The molecule has 72 valence electrons. The molecule has 3 rings (SSSR count). The minimum atomic E-state index is -0.445. The second-order valence-corrected chi connectivity index (χ2v) is 3.38. The van der Waals surface area contributed by atoms with E-state index in [0.29, 0.717) is 16.4 Å². The topological polar surface area (TPSA) is 67.8 Å². The molecule has 1 aliphatic rings. The van der Waals surface area contributed by atoms with E-state index < -0.39 is 6.03 Å². The van der Waals surface area contributed by atoms with E-state index in [1.54, 1.807) is 6.07 Å². The van der Waals surface area contributed by atoms with Crippen molar-refractivity contribution in [2.75, 3.05) is 5.73 Å². The molecule has 0 aliphatic carbocycles. The highest BCUT2D eigenvalue weighted by Crippen LogP contribution is 2.16. The monoisotopic (exact) mass is 197 g/mol. The number of benzene rings is 2. The Labute approximate surface area is 84.8 Å². The predicted molar refractivity (Wildman–Crippen MR) is 56.1 cm³/mol. The van der Waals surface area contributed by atoms with E-state index in [0.717, 1.165) is 10.8 Å². The fourth-order valence-electron chi connectivity index (χ4n) is 1.79. The molecular formula is C11H7N3O. The molecule has 0 saturated carbocycles. The van der Waals surface area contributed by atoms with Crippen LogP contribution in [0.1, 0.15) is 0 Å². The van der Waals surface area contributed by atoms with Crippen molar-refractivity contribution in [3.63, 3.8) is 0 Å². The minimum Gasteiger partial charge on any atom is -0.398 e. The van der Waals surface area contributed by atoms with Crippen LogP contribution in [0.2, 0.25) is 0 Å². The first-order valence-corrected chi connectivity index (χ1v) is 4.54. The molecule has 0 bridgehead atoms. The highest BCUT2D eigenvalue weighted by Gasteiger charge is 2.08. The number of carbonyl (C=O) groups excluding carboxylic acids is 1. The van der Waals surface area contributed by atoms with Crippen LogP contribution in [0, 0.1) is 0 Å². The molecular weight excluding hydrogens is 190 g/mol. The molecule has 4 heteroatoms. The van der Waals surface area contributed by atoms with Crippen molar-refractivity contribution in [1.29, 1.82) is 0 Å². The lowest BCUT2D eigenvalue weighted by Crippen LogP contribution is -2.22. The fourth-order valence-corrected chi connectivity index (χ4v) is 1.79. The van der Waals surface area contributed by atoms with Crippen LogP contribution in [-0.4, -0.2) is 6.03 Å². The third kappa shape index (κ3) is 1.05. The van der Waals surface area contributed by atoms with Crippen molar-refractivity contribution >= 4 is 22.5 Å². The lowest BCUT2D eigenvalue weighted by atomic mass is 10.1. The molecule has 15 heavy (non-hydrogen) atoms. The van der Waals surface area contributed by atoms with Crippen LogP contribution in [-0.2, 0) is 0 Å². The van der Waals surface area contributed by atoms with E-state index in [9.17, 15) is 4.79 Å². The number of nitrogens with two attached hydrogens (primary N) is 1. The average Bonchev–Trinajstić information content (AvgIpc) is 2.59.